The second-order valence-electron chi connectivity index (χ2n) is 19.9. The molecule has 5 aliphatic rings. The molecule has 6 rings (SSSR count). The number of nitrogens with one attached hydrogen (secondary N) is 1. The molecule has 288 valence electrons. The molecule has 0 aromatic heterocycles. The number of aliphatic carboxylic acids is 1. The lowest BCUT2D eigenvalue weighted by molar-refractivity contribution is -0.250. The average Bonchev–Trinajstić information content (AvgIpc) is 3.41. The predicted octanol–water partition coefficient (Wildman–Crippen LogP) is 10.0. The molecular weight excluding hydrogens is 660 g/mol. The monoisotopic (exact) mass is 723 g/mol. The molecule has 0 heterocycles. The third-order valence-electron chi connectivity index (χ3n) is 16.6. The molecular formula is C44H63F2NO5. The summed E-state index contributed by atoms with van der Waals surface area (Å²) in [6.07, 6.45) is 10.4. The minimum absolute atomic E-state index is 0.0486. The Morgan fingerprint density at radius 3 is 2.29 bits per heavy atom. The summed E-state index contributed by atoms with van der Waals surface area (Å²) in [7, 11) is 0. The second kappa shape index (κ2) is 13.2. The van der Waals surface area contributed by atoms with E-state index in [1.165, 1.54) is 17.7 Å². The van der Waals surface area contributed by atoms with Crippen LogP contribution >= 0.6 is 0 Å². The number of carboxylic acid groups (broad SMARTS) is 1. The molecule has 2 N–H and O–H groups in total. The van der Waals surface area contributed by atoms with Gasteiger partial charge in [-0.1, -0.05) is 52.8 Å². The highest BCUT2D eigenvalue weighted by molar-refractivity contribution is 5.81. The van der Waals surface area contributed by atoms with Crippen LogP contribution in [0.3, 0.4) is 0 Å². The summed E-state index contributed by atoms with van der Waals surface area (Å²) in [6.45, 7) is 22.1. The van der Waals surface area contributed by atoms with Crippen LogP contribution in [0.4, 0.5) is 8.78 Å². The smallest absolute Gasteiger partial charge is 0.309 e. The Labute approximate surface area is 310 Å². The Morgan fingerprint density at radius 1 is 0.923 bits per heavy atom. The van der Waals surface area contributed by atoms with E-state index in [1.807, 2.05) is 0 Å². The van der Waals surface area contributed by atoms with Gasteiger partial charge in [-0.3, -0.25) is 14.4 Å². The summed E-state index contributed by atoms with van der Waals surface area (Å²) < 4.78 is 34.0. The summed E-state index contributed by atoms with van der Waals surface area (Å²) in [5, 5.41) is 12.6. The molecule has 5 fully saturated rings. The highest BCUT2D eigenvalue weighted by Gasteiger charge is 2.71. The van der Waals surface area contributed by atoms with Gasteiger partial charge in [0.2, 0.25) is 5.91 Å². The van der Waals surface area contributed by atoms with E-state index in [9.17, 15) is 28.3 Å². The summed E-state index contributed by atoms with van der Waals surface area (Å²) >= 11 is 0. The van der Waals surface area contributed by atoms with E-state index in [2.05, 4.69) is 53.4 Å². The molecule has 1 unspecified atom stereocenters. The lowest BCUT2D eigenvalue weighted by Crippen LogP contribution is -2.67. The highest BCUT2D eigenvalue weighted by Crippen LogP contribution is 2.78. The Bertz CT molecular complexity index is 1620. The summed E-state index contributed by atoms with van der Waals surface area (Å²) in [4.78, 5) is 38.5. The van der Waals surface area contributed by atoms with Crippen LogP contribution < -0.4 is 5.32 Å². The first-order chi connectivity index (χ1) is 24.1. The molecule has 10 atom stereocenters. The predicted molar refractivity (Wildman–Crippen MR) is 198 cm³/mol. The fourth-order valence-electron chi connectivity index (χ4n) is 13.7. The van der Waals surface area contributed by atoms with Crippen LogP contribution in [0.5, 0.6) is 0 Å². The number of hydrogen-bond acceptors (Lipinski definition) is 4. The van der Waals surface area contributed by atoms with E-state index in [0.717, 1.165) is 70.3 Å². The van der Waals surface area contributed by atoms with E-state index in [1.54, 1.807) is 13.8 Å². The van der Waals surface area contributed by atoms with Crippen molar-refractivity contribution in [3.63, 3.8) is 0 Å². The van der Waals surface area contributed by atoms with Gasteiger partial charge in [-0.25, -0.2) is 8.78 Å². The lowest BCUT2D eigenvalue weighted by Gasteiger charge is -2.73. The van der Waals surface area contributed by atoms with Crippen molar-refractivity contribution in [2.45, 2.75) is 145 Å². The number of esters is 1. The van der Waals surface area contributed by atoms with E-state index in [4.69, 9.17) is 4.74 Å². The molecule has 0 spiro atoms. The van der Waals surface area contributed by atoms with Gasteiger partial charge < -0.3 is 15.2 Å². The minimum atomic E-state index is -1.17. The van der Waals surface area contributed by atoms with E-state index >= 15 is 0 Å². The Balaban J connectivity index is 1.22. The Kier molecular flexibility index (Phi) is 9.90. The van der Waals surface area contributed by atoms with Gasteiger partial charge in [-0.15, -0.1) is 0 Å². The molecule has 0 bridgehead atoms. The number of benzene rings is 1. The van der Waals surface area contributed by atoms with Crippen LogP contribution in [0.2, 0.25) is 0 Å². The second-order valence-corrected chi connectivity index (χ2v) is 19.9. The van der Waals surface area contributed by atoms with Crippen LogP contribution in [0.1, 0.15) is 138 Å². The quantitative estimate of drug-likeness (QED) is 0.196. The Hall–Kier alpha value is -2.77. The zero-order valence-corrected chi connectivity index (χ0v) is 32.9. The van der Waals surface area contributed by atoms with Gasteiger partial charge >= 0.3 is 11.9 Å². The summed E-state index contributed by atoms with van der Waals surface area (Å²) in [5.74, 6) is -0.639. The van der Waals surface area contributed by atoms with Crippen LogP contribution in [0.25, 0.3) is 0 Å². The molecule has 5 aliphatic carbocycles. The number of hydrogen-bond donors (Lipinski definition) is 2. The van der Waals surface area contributed by atoms with Gasteiger partial charge in [-0.05, 0) is 142 Å². The first-order valence-electron chi connectivity index (χ1n) is 19.9. The zero-order chi connectivity index (χ0) is 38.2. The van der Waals surface area contributed by atoms with Gasteiger partial charge in [0.05, 0.1) is 11.8 Å². The van der Waals surface area contributed by atoms with E-state index < -0.39 is 29.0 Å². The molecule has 1 amide bonds. The van der Waals surface area contributed by atoms with Crippen LogP contribution in [-0.2, 0) is 25.7 Å². The van der Waals surface area contributed by atoms with Crippen LogP contribution in [0, 0.1) is 73.7 Å². The van der Waals surface area contributed by atoms with Gasteiger partial charge in [0.1, 0.15) is 17.7 Å². The third kappa shape index (κ3) is 6.14. The van der Waals surface area contributed by atoms with Crippen molar-refractivity contribution in [2.24, 2.45) is 62.1 Å². The molecule has 6 nitrogen and oxygen atoms in total. The van der Waals surface area contributed by atoms with Gasteiger partial charge in [-0.2, -0.15) is 0 Å². The maximum Gasteiger partial charge on any atom is 0.309 e. The van der Waals surface area contributed by atoms with Crippen molar-refractivity contribution in [1.29, 1.82) is 0 Å². The maximum absolute atomic E-state index is 14.4. The SMILES string of the molecule is C=C(C)[C@@H]1CC[C@]2(CC(=O)NCc3ccc(F)cc3F)CC[C@]3(C)[C@H](CC[C@@H]4C5(C)CC[C@H](OC(=O)CC(C)(C)C(=O)O)C(C)(C)[C@@H]5CC[C@]43C)[C@@H]12. The highest BCUT2D eigenvalue weighted by atomic mass is 19.1. The van der Waals surface area contributed by atoms with Gasteiger partial charge in [0, 0.05) is 30.0 Å². The normalized spacial score (nSPS) is 39.3. The van der Waals surface area contributed by atoms with Crippen molar-refractivity contribution in [1.82, 2.24) is 5.32 Å². The molecule has 0 radical (unpaired) electrons. The van der Waals surface area contributed by atoms with E-state index in [-0.39, 0.29) is 52.1 Å². The number of rotatable bonds is 9. The average molecular weight is 724 g/mol. The summed E-state index contributed by atoms with van der Waals surface area (Å²) in [5.41, 5.74) is 0.274. The van der Waals surface area contributed by atoms with Crippen LogP contribution in [0.15, 0.2) is 30.4 Å². The first-order valence-corrected chi connectivity index (χ1v) is 19.9. The fraction of sp³-hybridized carbons (Fsp3) is 0.750. The number of amides is 1. The number of halogens is 2. The molecule has 1 aromatic carbocycles. The first kappa shape index (κ1) is 38.9. The van der Waals surface area contributed by atoms with Gasteiger partial charge in [0.25, 0.3) is 0 Å². The fourth-order valence-corrected chi connectivity index (χ4v) is 13.7. The topological polar surface area (TPSA) is 92.7 Å². The number of carbonyl (C=O) groups is 3. The van der Waals surface area contributed by atoms with Crippen molar-refractivity contribution >= 4 is 17.8 Å². The number of ether oxygens (including phenoxy) is 1. The van der Waals surface area contributed by atoms with E-state index in [0.29, 0.717) is 41.6 Å². The number of fused-ring (bicyclic) bond motifs is 7. The molecule has 0 saturated heterocycles. The molecule has 1 aromatic rings. The molecule has 5 saturated carbocycles. The third-order valence-corrected chi connectivity index (χ3v) is 16.6. The maximum atomic E-state index is 14.4. The molecule has 52 heavy (non-hydrogen) atoms. The number of carboxylic acids is 1. The van der Waals surface area contributed by atoms with Crippen molar-refractivity contribution < 1.29 is 33.0 Å². The summed E-state index contributed by atoms with van der Waals surface area (Å²) in [6, 6.07) is 3.50. The standard InChI is InChI=1S/C44H63F2NO5/c1-26(2)29-14-19-44(23-35(48)47-25-27-10-11-28(45)22-31(27)46)21-20-42(8)30(37(29)44)12-13-33-41(7)17-16-34(52-36(49)24-39(3,4)38(50)51)40(5,6)32(41)15-18-43(33,42)9/h10-11,22,29-30,32-34,37H,1,12-21,23-25H2,2-9H3,(H,47,48)(H,50,51)/t29-,30+,32-,33+,34-,37+,41?,42+,43+,44+/m0/s1. The van der Waals surface area contributed by atoms with Gasteiger partial charge in [0.15, 0.2) is 0 Å². The molecule has 0 aliphatic heterocycles. The number of allylic oxidation sites excluding steroid dienone is 1. The van der Waals surface area contributed by atoms with Crippen LogP contribution in [-0.4, -0.2) is 29.1 Å². The van der Waals surface area contributed by atoms with Crippen molar-refractivity contribution in [2.75, 3.05) is 0 Å². The van der Waals surface area contributed by atoms with Crippen molar-refractivity contribution in [3.8, 4) is 0 Å². The molecule has 8 heteroatoms. The van der Waals surface area contributed by atoms with Crippen molar-refractivity contribution in [3.05, 3.63) is 47.5 Å². The Morgan fingerprint density at radius 2 is 1.63 bits per heavy atom. The zero-order valence-electron chi connectivity index (χ0n) is 32.9. The number of carbonyl (C=O) groups excluding carboxylic acids is 2. The lowest BCUT2D eigenvalue weighted by atomic mass is 9.32. The minimum Gasteiger partial charge on any atom is -0.481 e. The largest absolute Gasteiger partial charge is 0.481 e.